The number of primary amides is 1. The van der Waals surface area contributed by atoms with Gasteiger partial charge in [0.05, 0.1) is 12.6 Å². The highest BCUT2D eigenvalue weighted by atomic mass is 16.5. The van der Waals surface area contributed by atoms with E-state index in [0.717, 1.165) is 0 Å². The van der Waals surface area contributed by atoms with Gasteiger partial charge in [-0.2, -0.15) is 0 Å². The normalized spacial score (nSPS) is 12.2. The number of carbonyl (C=O) groups is 1. The summed E-state index contributed by atoms with van der Waals surface area (Å²) in [6.45, 7) is 3.76. The van der Waals surface area contributed by atoms with Crippen LogP contribution in [0.15, 0.2) is 12.4 Å². The number of amides is 1. The van der Waals surface area contributed by atoms with Crippen LogP contribution in [-0.2, 0) is 4.79 Å². The number of hydrogen-bond donors (Lipinski definition) is 3. The van der Waals surface area contributed by atoms with Gasteiger partial charge < -0.3 is 20.9 Å². The maximum absolute atomic E-state index is 10.6. The van der Waals surface area contributed by atoms with E-state index in [4.69, 9.17) is 10.5 Å². The monoisotopic (exact) mass is 240 g/mol. The Morgan fingerprint density at radius 2 is 2.29 bits per heavy atom. The summed E-state index contributed by atoms with van der Waals surface area (Å²) in [5.41, 5.74) is 4.91. The van der Waals surface area contributed by atoms with E-state index in [2.05, 4.69) is 15.3 Å². The van der Waals surface area contributed by atoms with Gasteiger partial charge >= 0.3 is 0 Å². The summed E-state index contributed by atoms with van der Waals surface area (Å²) in [6, 6.07) is 1.58. The minimum absolute atomic E-state index is 0.00648. The van der Waals surface area contributed by atoms with E-state index in [0.29, 0.717) is 11.7 Å². The average Bonchev–Trinajstić information content (AvgIpc) is 2.25. The lowest BCUT2D eigenvalue weighted by molar-refractivity contribution is -0.125. The van der Waals surface area contributed by atoms with Gasteiger partial charge in [-0.05, 0) is 13.8 Å². The van der Waals surface area contributed by atoms with Crippen LogP contribution < -0.4 is 15.8 Å². The Bertz CT molecular complexity index is 384. The summed E-state index contributed by atoms with van der Waals surface area (Å²) in [5.74, 6) is 0.0900. The fourth-order valence-corrected chi connectivity index (χ4v) is 1.04. The van der Waals surface area contributed by atoms with Crippen molar-refractivity contribution in [3.63, 3.8) is 0 Å². The number of anilines is 1. The van der Waals surface area contributed by atoms with E-state index in [-0.39, 0.29) is 12.6 Å². The van der Waals surface area contributed by atoms with Gasteiger partial charge in [-0.3, -0.25) is 4.79 Å². The SMILES string of the molecule is CC(C)Oc1cc(NCC(O)C(N)=O)ncn1. The molecule has 0 aromatic carbocycles. The highest BCUT2D eigenvalue weighted by Crippen LogP contribution is 2.12. The fourth-order valence-electron chi connectivity index (χ4n) is 1.04. The number of rotatable bonds is 6. The Kier molecular flexibility index (Phi) is 4.65. The molecule has 0 saturated heterocycles. The van der Waals surface area contributed by atoms with Crippen molar-refractivity contribution in [1.82, 2.24) is 9.97 Å². The molecule has 1 aromatic heterocycles. The van der Waals surface area contributed by atoms with Crippen LogP contribution >= 0.6 is 0 Å². The van der Waals surface area contributed by atoms with Crippen molar-refractivity contribution < 1.29 is 14.6 Å². The number of nitrogens with one attached hydrogen (secondary N) is 1. The summed E-state index contributed by atoms with van der Waals surface area (Å²) in [6.07, 6.45) is 0.0878. The third-order valence-corrected chi connectivity index (χ3v) is 1.80. The van der Waals surface area contributed by atoms with Gasteiger partial charge in [0, 0.05) is 6.07 Å². The second kappa shape index (κ2) is 6.00. The molecule has 0 aliphatic heterocycles. The smallest absolute Gasteiger partial charge is 0.248 e. The molecule has 0 fully saturated rings. The molecule has 1 rings (SSSR count). The molecule has 1 heterocycles. The molecule has 1 aromatic rings. The van der Waals surface area contributed by atoms with Crippen LogP contribution in [0, 0.1) is 0 Å². The van der Waals surface area contributed by atoms with Crippen molar-refractivity contribution in [1.29, 1.82) is 0 Å². The molecule has 1 amide bonds. The third-order valence-electron chi connectivity index (χ3n) is 1.80. The van der Waals surface area contributed by atoms with Crippen molar-refractivity contribution in [3.8, 4) is 5.88 Å². The van der Waals surface area contributed by atoms with E-state index in [1.54, 1.807) is 6.07 Å². The van der Waals surface area contributed by atoms with Crippen LogP contribution in [0.1, 0.15) is 13.8 Å². The maximum Gasteiger partial charge on any atom is 0.248 e. The van der Waals surface area contributed by atoms with Crippen molar-refractivity contribution in [3.05, 3.63) is 12.4 Å². The molecule has 1 unspecified atom stereocenters. The molecule has 1 atom stereocenters. The second-order valence-electron chi connectivity index (χ2n) is 3.71. The number of aliphatic hydroxyl groups excluding tert-OH is 1. The predicted molar refractivity (Wildman–Crippen MR) is 61.5 cm³/mol. The highest BCUT2D eigenvalue weighted by molar-refractivity contribution is 5.79. The lowest BCUT2D eigenvalue weighted by Gasteiger charge is -2.11. The molecule has 17 heavy (non-hydrogen) atoms. The third kappa shape index (κ3) is 4.64. The van der Waals surface area contributed by atoms with Crippen molar-refractivity contribution >= 4 is 11.7 Å². The van der Waals surface area contributed by atoms with Crippen LogP contribution in [0.2, 0.25) is 0 Å². The first-order valence-electron chi connectivity index (χ1n) is 5.19. The van der Waals surface area contributed by atoms with Crippen LogP contribution in [0.3, 0.4) is 0 Å². The van der Waals surface area contributed by atoms with Gasteiger partial charge in [-0.1, -0.05) is 0 Å². The lowest BCUT2D eigenvalue weighted by atomic mass is 10.3. The van der Waals surface area contributed by atoms with E-state index < -0.39 is 12.0 Å². The van der Waals surface area contributed by atoms with E-state index in [1.165, 1.54) is 6.33 Å². The number of ether oxygens (including phenoxy) is 1. The molecule has 0 spiro atoms. The Morgan fingerprint density at radius 1 is 1.59 bits per heavy atom. The van der Waals surface area contributed by atoms with Gasteiger partial charge in [0.1, 0.15) is 18.2 Å². The summed E-state index contributed by atoms with van der Waals surface area (Å²) in [4.78, 5) is 18.4. The molecule has 94 valence electrons. The minimum Gasteiger partial charge on any atom is -0.475 e. The number of aliphatic hydroxyl groups is 1. The number of nitrogens with two attached hydrogens (primary N) is 1. The zero-order valence-electron chi connectivity index (χ0n) is 9.75. The Labute approximate surface area is 99.0 Å². The second-order valence-corrected chi connectivity index (χ2v) is 3.71. The quantitative estimate of drug-likeness (QED) is 0.619. The topological polar surface area (TPSA) is 110 Å². The van der Waals surface area contributed by atoms with E-state index >= 15 is 0 Å². The van der Waals surface area contributed by atoms with Gasteiger partial charge in [0.15, 0.2) is 0 Å². The van der Waals surface area contributed by atoms with E-state index in [9.17, 15) is 9.90 Å². The largest absolute Gasteiger partial charge is 0.475 e. The first-order valence-corrected chi connectivity index (χ1v) is 5.19. The summed E-state index contributed by atoms with van der Waals surface area (Å²) in [7, 11) is 0. The number of hydrogen-bond acceptors (Lipinski definition) is 6. The molecule has 0 saturated carbocycles. The average molecular weight is 240 g/mol. The van der Waals surface area contributed by atoms with Gasteiger partial charge in [-0.25, -0.2) is 9.97 Å². The zero-order chi connectivity index (χ0) is 12.8. The van der Waals surface area contributed by atoms with Crippen molar-refractivity contribution in [2.45, 2.75) is 26.1 Å². The summed E-state index contributed by atoms with van der Waals surface area (Å²) < 4.78 is 5.36. The van der Waals surface area contributed by atoms with Gasteiger partial charge in [0.2, 0.25) is 11.8 Å². The molecule has 0 radical (unpaired) electrons. The zero-order valence-corrected chi connectivity index (χ0v) is 9.75. The number of nitrogens with zero attached hydrogens (tertiary/aromatic N) is 2. The highest BCUT2D eigenvalue weighted by Gasteiger charge is 2.10. The molecule has 0 aliphatic rings. The molecule has 4 N–H and O–H groups in total. The molecule has 0 bridgehead atoms. The fraction of sp³-hybridized carbons (Fsp3) is 0.500. The van der Waals surface area contributed by atoms with Gasteiger partial charge in [0.25, 0.3) is 0 Å². The molecule has 0 aliphatic carbocycles. The number of carbonyl (C=O) groups excluding carboxylic acids is 1. The summed E-state index contributed by atoms with van der Waals surface area (Å²) in [5, 5.41) is 11.9. The standard InChI is InChI=1S/C10H16N4O3/c1-6(2)17-9-3-8(13-5-14-9)12-4-7(15)10(11)16/h3,5-7,15H,4H2,1-2H3,(H2,11,16)(H,12,13,14). The Hall–Kier alpha value is -1.89. The molecular weight excluding hydrogens is 224 g/mol. The van der Waals surface area contributed by atoms with Gasteiger partial charge in [-0.15, -0.1) is 0 Å². The Balaban J connectivity index is 2.56. The van der Waals surface area contributed by atoms with Crippen molar-refractivity contribution in [2.24, 2.45) is 5.73 Å². The minimum atomic E-state index is -1.25. The molecule has 7 nitrogen and oxygen atoms in total. The predicted octanol–water partition coefficient (Wildman–Crippen LogP) is -0.478. The molecular formula is C10H16N4O3. The van der Waals surface area contributed by atoms with Crippen LogP contribution in [0.4, 0.5) is 5.82 Å². The summed E-state index contributed by atoms with van der Waals surface area (Å²) >= 11 is 0. The lowest BCUT2D eigenvalue weighted by Crippen LogP contribution is -2.34. The first kappa shape index (κ1) is 13.2. The molecule has 7 heteroatoms. The van der Waals surface area contributed by atoms with E-state index in [1.807, 2.05) is 13.8 Å². The number of aromatic nitrogens is 2. The Morgan fingerprint density at radius 3 is 2.88 bits per heavy atom. The van der Waals surface area contributed by atoms with Crippen LogP contribution in [0.25, 0.3) is 0 Å². The van der Waals surface area contributed by atoms with Crippen molar-refractivity contribution in [2.75, 3.05) is 11.9 Å². The van der Waals surface area contributed by atoms with Crippen LogP contribution in [-0.4, -0.2) is 39.7 Å². The van der Waals surface area contributed by atoms with Crippen LogP contribution in [0.5, 0.6) is 5.88 Å². The first-order chi connectivity index (χ1) is 7.99. The maximum atomic E-state index is 10.6.